The molecule has 47 heavy (non-hydrogen) atoms. The van der Waals surface area contributed by atoms with Gasteiger partial charge >= 0.3 is 5.97 Å². The molecule has 4 aromatic rings. The van der Waals surface area contributed by atoms with Crippen molar-refractivity contribution in [3.05, 3.63) is 66.2 Å². The van der Waals surface area contributed by atoms with Crippen molar-refractivity contribution in [2.24, 2.45) is 23.5 Å². The van der Waals surface area contributed by atoms with Gasteiger partial charge in [-0.1, -0.05) is 18.6 Å². The number of nitrogens with zero attached hydrogens (tertiary/aromatic N) is 2. The number of rotatable bonds is 16. The number of methoxy groups -OCH3 is 1. The number of fused-ring (bicyclic) bond motifs is 3. The second-order valence-corrected chi connectivity index (χ2v) is 11.6. The molecule has 0 radical (unpaired) electrons. The Morgan fingerprint density at radius 3 is 2.38 bits per heavy atom. The van der Waals surface area contributed by atoms with Gasteiger partial charge < -0.3 is 33.0 Å². The highest BCUT2D eigenvalue weighted by atomic mass is 16.5. The highest BCUT2D eigenvalue weighted by molar-refractivity contribution is 6.10. The van der Waals surface area contributed by atoms with Crippen LogP contribution in [0.4, 0.5) is 11.4 Å². The van der Waals surface area contributed by atoms with Crippen LogP contribution in [0.25, 0.3) is 32.9 Å². The number of carbonyl (C=O) groups excluding carboxylic acids is 3. The molecular weight excluding hydrogens is 596 g/mol. The van der Waals surface area contributed by atoms with Crippen molar-refractivity contribution >= 4 is 56.7 Å². The Balaban J connectivity index is 1.29. The van der Waals surface area contributed by atoms with Gasteiger partial charge in [-0.25, -0.2) is 0 Å². The van der Waals surface area contributed by atoms with E-state index in [1.807, 2.05) is 61.6 Å². The molecule has 12 heteroatoms. The Labute approximate surface area is 274 Å². The van der Waals surface area contributed by atoms with E-state index in [9.17, 15) is 14.4 Å². The third-order valence-corrected chi connectivity index (χ3v) is 8.10. The number of ketones is 1. The Bertz CT molecular complexity index is 1790. The van der Waals surface area contributed by atoms with Crippen molar-refractivity contribution in [2.75, 3.05) is 38.2 Å². The van der Waals surface area contributed by atoms with Crippen molar-refractivity contribution in [1.29, 1.82) is 0 Å². The Kier molecular flexibility index (Phi) is 12.1. The van der Waals surface area contributed by atoms with E-state index in [-0.39, 0.29) is 24.2 Å². The zero-order valence-electron chi connectivity index (χ0n) is 27.1. The number of aromatic nitrogens is 1. The standard InChI is InChI=1S/C35H44N8O4/c1-43-31-20-25(37)13-15-28(31)27-14-12-24(36)19-29(27)32(43)22-8-6-9-23(18-22)33(45)40-16-5-3-4-10-26(44)21-42-30(34(46)47-2)11-7-17-41-35(38)39/h6,8-9,12-15,18-20,30,37,42H,3-5,7,10-11,16-17,21,36H2,1-2H3,(H5,38,39,40,41,45)/p+1. The number of hydrogen-bond donors (Lipinski definition) is 6. The predicted molar refractivity (Wildman–Crippen MR) is 186 cm³/mol. The van der Waals surface area contributed by atoms with Crippen LogP contribution in [0.5, 0.6) is 0 Å². The average Bonchev–Trinajstić information content (AvgIpc) is 3.05. The van der Waals surface area contributed by atoms with Crippen LogP contribution in [0.3, 0.4) is 0 Å². The summed E-state index contributed by atoms with van der Waals surface area (Å²) >= 11 is 0. The van der Waals surface area contributed by atoms with Gasteiger partial charge in [0.1, 0.15) is 18.9 Å². The summed E-state index contributed by atoms with van der Waals surface area (Å²) in [6.45, 7) is 0.941. The molecule has 0 saturated carbocycles. The SMILES string of the molecule is COC(=O)C(CCCN=C(N)N)NCC(=O)CCCCCNC(=O)c1cccc(-c2c3cc(N)ccc3c3ccc(N)cc3[n+]2C)c1. The van der Waals surface area contributed by atoms with Gasteiger partial charge in [-0.2, -0.15) is 4.57 Å². The molecule has 0 saturated heterocycles. The molecule has 0 aliphatic heterocycles. The topological polar surface area (TPSA) is 205 Å². The van der Waals surface area contributed by atoms with Crippen LogP contribution in [0.2, 0.25) is 0 Å². The van der Waals surface area contributed by atoms with Crippen molar-refractivity contribution in [1.82, 2.24) is 10.6 Å². The van der Waals surface area contributed by atoms with Gasteiger partial charge in [0.15, 0.2) is 5.96 Å². The van der Waals surface area contributed by atoms with Gasteiger partial charge in [0.05, 0.1) is 24.4 Å². The number of esters is 1. The molecule has 0 aliphatic carbocycles. The summed E-state index contributed by atoms with van der Waals surface area (Å²) < 4.78 is 6.92. The molecule has 1 heterocycles. The van der Waals surface area contributed by atoms with Crippen LogP contribution in [-0.2, 0) is 21.4 Å². The number of nitrogen functional groups attached to an aromatic ring is 2. The van der Waals surface area contributed by atoms with Crippen molar-refractivity contribution in [2.45, 2.75) is 44.6 Å². The summed E-state index contributed by atoms with van der Waals surface area (Å²) in [6.07, 6.45) is 3.57. The van der Waals surface area contributed by atoms with Crippen LogP contribution in [-0.4, -0.2) is 56.4 Å². The van der Waals surface area contributed by atoms with E-state index < -0.39 is 12.0 Å². The number of aliphatic imine (C=N–C) groups is 1. The van der Waals surface area contributed by atoms with Crippen molar-refractivity contribution in [3.63, 3.8) is 0 Å². The smallest absolute Gasteiger partial charge is 0.322 e. The number of nitrogens with two attached hydrogens (primary N) is 4. The molecule has 0 fully saturated rings. The van der Waals surface area contributed by atoms with E-state index in [1.54, 1.807) is 6.07 Å². The lowest BCUT2D eigenvalue weighted by atomic mass is 9.97. The minimum Gasteiger partial charge on any atom is -0.468 e. The summed E-state index contributed by atoms with van der Waals surface area (Å²) in [5.41, 5.74) is 27.7. The van der Waals surface area contributed by atoms with E-state index in [2.05, 4.69) is 20.2 Å². The predicted octanol–water partition coefficient (Wildman–Crippen LogP) is 2.69. The molecule has 0 bridgehead atoms. The van der Waals surface area contributed by atoms with E-state index in [0.29, 0.717) is 55.7 Å². The fourth-order valence-corrected chi connectivity index (χ4v) is 5.71. The Morgan fingerprint density at radius 1 is 0.894 bits per heavy atom. The fraction of sp³-hybridized carbons (Fsp3) is 0.343. The Morgan fingerprint density at radius 2 is 1.64 bits per heavy atom. The van der Waals surface area contributed by atoms with Crippen molar-refractivity contribution in [3.8, 4) is 11.3 Å². The number of ether oxygens (including phenoxy) is 1. The van der Waals surface area contributed by atoms with E-state index in [4.69, 9.17) is 27.7 Å². The van der Waals surface area contributed by atoms with Crippen LogP contribution in [0.1, 0.15) is 48.9 Å². The van der Waals surface area contributed by atoms with Crippen LogP contribution in [0.15, 0.2) is 65.7 Å². The first-order valence-corrected chi connectivity index (χ1v) is 15.8. The van der Waals surface area contributed by atoms with Gasteiger partial charge in [0, 0.05) is 53.5 Å². The second-order valence-electron chi connectivity index (χ2n) is 11.6. The number of amides is 1. The zero-order valence-corrected chi connectivity index (χ0v) is 27.1. The number of anilines is 2. The first-order chi connectivity index (χ1) is 22.6. The largest absolute Gasteiger partial charge is 0.468 e. The first-order valence-electron chi connectivity index (χ1n) is 15.8. The third kappa shape index (κ3) is 9.17. The molecular formula is C35H45N8O4+. The number of benzene rings is 3. The molecule has 10 N–H and O–H groups in total. The molecule has 4 rings (SSSR count). The number of aryl methyl sites for hydroxylation is 1. The van der Waals surface area contributed by atoms with Gasteiger partial charge in [0.2, 0.25) is 11.2 Å². The number of hydrogen-bond acceptors (Lipinski definition) is 8. The van der Waals surface area contributed by atoms with E-state index in [1.165, 1.54) is 7.11 Å². The first kappa shape index (κ1) is 34.6. The van der Waals surface area contributed by atoms with Gasteiger partial charge in [-0.15, -0.1) is 0 Å². The highest BCUT2D eigenvalue weighted by Crippen LogP contribution is 2.33. The summed E-state index contributed by atoms with van der Waals surface area (Å²) in [5, 5.41) is 9.08. The summed E-state index contributed by atoms with van der Waals surface area (Å²) in [7, 11) is 3.30. The molecule has 0 aliphatic rings. The highest BCUT2D eigenvalue weighted by Gasteiger charge is 2.22. The molecule has 0 spiro atoms. The van der Waals surface area contributed by atoms with Crippen LogP contribution < -0.4 is 38.1 Å². The van der Waals surface area contributed by atoms with Crippen molar-refractivity contribution < 1.29 is 23.7 Å². The third-order valence-electron chi connectivity index (χ3n) is 8.10. The maximum Gasteiger partial charge on any atom is 0.322 e. The molecule has 1 atom stereocenters. The fourth-order valence-electron chi connectivity index (χ4n) is 5.71. The summed E-state index contributed by atoms with van der Waals surface area (Å²) in [4.78, 5) is 41.5. The lowest BCUT2D eigenvalue weighted by Gasteiger charge is -2.15. The van der Waals surface area contributed by atoms with Crippen LogP contribution >= 0.6 is 0 Å². The molecule has 1 unspecified atom stereocenters. The van der Waals surface area contributed by atoms with Gasteiger partial charge in [-0.05, 0) is 68.1 Å². The van der Waals surface area contributed by atoms with E-state index in [0.717, 1.165) is 45.8 Å². The molecule has 3 aromatic carbocycles. The number of unbranched alkanes of at least 4 members (excludes halogenated alkanes) is 2. The second kappa shape index (κ2) is 16.4. The van der Waals surface area contributed by atoms with Gasteiger partial charge in [0.25, 0.3) is 5.91 Å². The minimum atomic E-state index is -0.605. The number of carbonyl (C=O) groups is 3. The summed E-state index contributed by atoms with van der Waals surface area (Å²) in [5.74, 6) is -0.604. The lowest BCUT2D eigenvalue weighted by molar-refractivity contribution is -0.632. The average molecular weight is 642 g/mol. The molecule has 248 valence electrons. The zero-order chi connectivity index (χ0) is 33.9. The maximum atomic E-state index is 13.1. The minimum absolute atomic E-state index is 0.00259. The molecule has 12 nitrogen and oxygen atoms in total. The monoisotopic (exact) mass is 641 g/mol. The summed E-state index contributed by atoms with van der Waals surface area (Å²) in [6, 6.07) is 18.7. The quantitative estimate of drug-likeness (QED) is 0.0202. The number of nitrogens with one attached hydrogen (secondary N) is 2. The van der Waals surface area contributed by atoms with Gasteiger partial charge in [-0.3, -0.25) is 24.7 Å². The maximum absolute atomic E-state index is 13.1. The van der Waals surface area contributed by atoms with Crippen LogP contribution in [0, 0.1) is 0 Å². The molecule has 1 aromatic heterocycles. The number of pyridine rings is 1. The Hall–Kier alpha value is -5.23. The number of Topliss-reactive ketones (excluding diaryl/α,β-unsaturated/α-hetero) is 1. The normalized spacial score (nSPS) is 11.7. The number of guanidine groups is 1. The molecule has 1 amide bonds. The van der Waals surface area contributed by atoms with E-state index >= 15 is 0 Å². The lowest BCUT2D eigenvalue weighted by Crippen LogP contribution is -2.40.